The molecule has 42 heavy (non-hydrogen) atoms. The number of aromatic carboxylic acids is 1. The highest BCUT2D eigenvalue weighted by Gasteiger charge is 2.51. The van der Waals surface area contributed by atoms with Gasteiger partial charge in [0.05, 0.1) is 11.3 Å². The molecular weight excluding hydrogens is 522 g/mol. The molecule has 0 amide bonds. The fourth-order valence-corrected chi connectivity index (χ4v) is 8.77. The number of ether oxygens (including phenoxy) is 1. The zero-order chi connectivity index (χ0) is 28.7. The lowest BCUT2D eigenvalue weighted by atomic mass is 9.48. The van der Waals surface area contributed by atoms with E-state index in [-0.39, 0.29) is 5.56 Å². The monoisotopic (exact) mass is 565 g/mol. The molecule has 3 aromatic carbocycles. The minimum Gasteiger partial charge on any atom is -0.492 e. The fraction of sp³-hybridized carbons (Fsp3) is 0.472. The average molecular weight is 566 g/mol. The van der Waals surface area contributed by atoms with Gasteiger partial charge in [-0.1, -0.05) is 12.1 Å². The number of carboxylic acids is 1. The Balaban J connectivity index is 0.995. The van der Waals surface area contributed by atoms with E-state index in [2.05, 4.69) is 58.6 Å². The van der Waals surface area contributed by atoms with Gasteiger partial charge in [0.15, 0.2) is 0 Å². The standard InChI is InChI=1S/C36H43N3O3/c1-38(30-8-4-28(5-9-30)36-22-25-18-26(23-36)20-27(19-25)24-36)31-10-6-29(7-11-31)37-34-13-12-32(21-33(34)35(40)41)42-17-16-39-14-2-3-15-39/h4-13,21,25-27,37H,2-3,14-20,22-24H2,1H3,(H,40,41). The first-order valence-corrected chi connectivity index (χ1v) is 15.9. The number of benzene rings is 3. The Hall–Kier alpha value is -3.51. The Kier molecular flexibility index (Phi) is 7.35. The van der Waals surface area contributed by atoms with Crippen molar-refractivity contribution in [3.63, 3.8) is 0 Å². The molecule has 220 valence electrons. The van der Waals surface area contributed by atoms with Gasteiger partial charge in [-0.05, 0) is 148 Å². The maximum atomic E-state index is 12.0. The summed E-state index contributed by atoms with van der Waals surface area (Å²) in [7, 11) is 2.10. The van der Waals surface area contributed by atoms with Crippen LogP contribution in [0.2, 0.25) is 0 Å². The van der Waals surface area contributed by atoms with Crippen molar-refractivity contribution in [3.8, 4) is 5.75 Å². The van der Waals surface area contributed by atoms with Crippen molar-refractivity contribution in [3.05, 3.63) is 77.9 Å². The summed E-state index contributed by atoms with van der Waals surface area (Å²) < 4.78 is 5.88. The molecule has 8 rings (SSSR count). The van der Waals surface area contributed by atoms with Gasteiger partial charge in [0, 0.05) is 30.7 Å². The van der Waals surface area contributed by atoms with E-state index in [1.54, 1.807) is 17.7 Å². The van der Waals surface area contributed by atoms with E-state index in [0.717, 1.165) is 48.8 Å². The summed E-state index contributed by atoms with van der Waals surface area (Å²) in [4.78, 5) is 16.6. The quantitative estimate of drug-likeness (QED) is 0.261. The van der Waals surface area contributed by atoms with Gasteiger partial charge < -0.3 is 20.1 Å². The molecule has 1 heterocycles. The van der Waals surface area contributed by atoms with Gasteiger partial charge in [-0.2, -0.15) is 0 Å². The molecule has 4 saturated carbocycles. The molecule has 2 N–H and O–H groups in total. The zero-order valence-corrected chi connectivity index (χ0v) is 24.7. The Morgan fingerprint density at radius 1 is 0.905 bits per heavy atom. The predicted octanol–water partition coefficient (Wildman–Crippen LogP) is 7.84. The molecule has 4 aliphatic carbocycles. The van der Waals surface area contributed by atoms with Gasteiger partial charge >= 0.3 is 5.97 Å². The van der Waals surface area contributed by atoms with Crippen molar-refractivity contribution in [2.45, 2.75) is 56.8 Å². The number of carboxylic acid groups (broad SMARTS) is 1. The van der Waals surface area contributed by atoms with Gasteiger partial charge in [-0.15, -0.1) is 0 Å². The number of hydrogen-bond acceptors (Lipinski definition) is 5. The largest absolute Gasteiger partial charge is 0.492 e. The summed E-state index contributed by atoms with van der Waals surface area (Å²) >= 11 is 0. The first-order chi connectivity index (χ1) is 20.4. The van der Waals surface area contributed by atoms with Crippen LogP contribution < -0.4 is 15.0 Å². The van der Waals surface area contributed by atoms with E-state index in [4.69, 9.17) is 4.74 Å². The molecule has 0 spiro atoms. The van der Waals surface area contributed by atoms with Gasteiger partial charge in [-0.25, -0.2) is 4.79 Å². The second-order valence-corrected chi connectivity index (χ2v) is 13.4. The number of nitrogens with zero attached hydrogens (tertiary/aromatic N) is 2. The summed E-state index contributed by atoms with van der Waals surface area (Å²) in [6.45, 7) is 3.67. The summed E-state index contributed by atoms with van der Waals surface area (Å²) in [5, 5.41) is 13.2. The van der Waals surface area contributed by atoms with Gasteiger partial charge in [0.25, 0.3) is 0 Å². The van der Waals surface area contributed by atoms with E-state index in [9.17, 15) is 9.90 Å². The topological polar surface area (TPSA) is 65.0 Å². The molecular formula is C36H43N3O3. The highest BCUT2D eigenvalue weighted by Crippen LogP contribution is 2.60. The van der Waals surface area contributed by atoms with Crippen molar-refractivity contribution < 1.29 is 14.6 Å². The number of likely N-dealkylation sites (tertiary alicyclic amines) is 1. The van der Waals surface area contributed by atoms with Crippen LogP contribution in [-0.2, 0) is 5.41 Å². The van der Waals surface area contributed by atoms with Crippen LogP contribution in [0.25, 0.3) is 0 Å². The summed E-state index contributed by atoms with van der Waals surface area (Å²) in [6.07, 6.45) is 11.1. The van der Waals surface area contributed by atoms with Crippen LogP contribution in [0.1, 0.15) is 67.3 Å². The molecule has 5 fully saturated rings. The summed E-state index contributed by atoms with van der Waals surface area (Å²) in [6, 6.07) is 22.8. The van der Waals surface area contributed by atoms with Crippen LogP contribution in [0.4, 0.5) is 22.7 Å². The SMILES string of the molecule is CN(c1ccc(Nc2ccc(OCCN3CCCC3)cc2C(=O)O)cc1)c1ccc(C23CC4CC(CC(C4)C2)C3)cc1. The average Bonchev–Trinajstić information content (AvgIpc) is 3.51. The van der Waals surface area contributed by atoms with E-state index < -0.39 is 5.97 Å². The van der Waals surface area contributed by atoms with E-state index in [1.807, 2.05) is 18.2 Å². The number of nitrogens with one attached hydrogen (secondary N) is 1. The lowest BCUT2D eigenvalue weighted by Gasteiger charge is -2.57. The second kappa shape index (κ2) is 11.3. The van der Waals surface area contributed by atoms with Gasteiger partial charge in [-0.3, -0.25) is 4.90 Å². The van der Waals surface area contributed by atoms with Crippen LogP contribution in [0.3, 0.4) is 0 Å². The number of hydrogen-bond donors (Lipinski definition) is 2. The lowest BCUT2D eigenvalue weighted by molar-refractivity contribution is -0.00518. The van der Waals surface area contributed by atoms with Crippen molar-refractivity contribution in [1.82, 2.24) is 4.90 Å². The third-order valence-corrected chi connectivity index (χ3v) is 10.5. The van der Waals surface area contributed by atoms with Gasteiger partial charge in [0.2, 0.25) is 0 Å². The Morgan fingerprint density at radius 2 is 1.50 bits per heavy atom. The van der Waals surface area contributed by atoms with E-state index in [0.29, 0.717) is 23.5 Å². The first kappa shape index (κ1) is 27.3. The molecule has 0 aromatic heterocycles. The van der Waals surface area contributed by atoms with Crippen molar-refractivity contribution in [2.24, 2.45) is 17.8 Å². The maximum Gasteiger partial charge on any atom is 0.337 e. The van der Waals surface area contributed by atoms with E-state index in [1.165, 1.54) is 57.1 Å². The molecule has 1 saturated heterocycles. The number of rotatable bonds is 10. The van der Waals surface area contributed by atoms with Crippen LogP contribution in [0.15, 0.2) is 66.7 Å². The van der Waals surface area contributed by atoms with Gasteiger partial charge in [0.1, 0.15) is 12.4 Å². The van der Waals surface area contributed by atoms with Crippen LogP contribution >= 0.6 is 0 Å². The van der Waals surface area contributed by atoms with Crippen LogP contribution in [0.5, 0.6) is 5.75 Å². The molecule has 5 aliphatic rings. The summed E-state index contributed by atoms with van der Waals surface area (Å²) in [5.41, 5.74) is 5.84. The Labute approximate surface area is 249 Å². The molecule has 1 aliphatic heterocycles. The summed E-state index contributed by atoms with van der Waals surface area (Å²) in [5.74, 6) is 2.47. The third-order valence-electron chi connectivity index (χ3n) is 10.5. The van der Waals surface area contributed by atoms with Crippen LogP contribution in [0, 0.1) is 17.8 Å². The smallest absolute Gasteiger partial charge is 0.337 e. The lowest BCUT2D eigenvalue weighted by Crippen LogP contribution is -2.48. The molecule has 3 aromatic rings. The predicted molar refractivity (Wildman–Crippen MR) is 169 cm³/mol. The molecule has 6 nitrogen and oxygen atoms in total. The van der Waals surface area contributed by atoms with Crippen molar-refractivity contribution in [2.75, 3.05) is 43.5 Å². The molecule has 0 radical (unpaired) electrons. The first-order valence-electron chi connectivity index (χ1n) is 15.9. The normalized spacial score (nSPS) is 26.4. The van der Waals surface area contributed by atoms with Crippen molar-refractivity contribution >= 4 is 28.7 Å². The van der Waals surface area contributed by atoms with Crippen molar-refractivity contribution in [1.29, 1.82) is 0 Å². The third kappa shape index (κ3) is 5.49. The highest BCUT2D eigenvalue weighted by molar-refractivity contribution is 5.95. The fourth-order valence-electron chi connectivity index (χ4n) is 8.77. The highest BCUT2D eigenvalue weighted by atomic mass is 16.5. The van der Waals surface area contributed by atoms with Crippen LogP contribution in [-0.4, -0.2) is 49.3 Å². The minimum atomic E-state index is -0.976. The molecule has 4 bridgehead atoms. The zero-order valence-electron chi connectivity index (χ0n) is 24.7. The molecule has 0 unspecified atom stereocenters. The number of anilines is 4. The molecule has 6 heteroatoms. The molecule has 0 atom stereocenters. The Morgan fingerprint density at radius 3 is 2.10 bits per heavy atom. The number of carbonyl (C=O) groups is 1. The second-order valence-electron chi connectivity index (χ2n) is 13.4. The van der Waals surface area contributed by atoms with E-state index >= 15 is 0 Å². The maximum absolute atomic E-state index is 12.0. The Bertz CT molecular complexity index is 1380. The minimum absolute atomic E-state index is 0.203.